The highest BCUT2D eigenvalue weighted by molar-refractivity contribution is 14.1. The van der Waals surface area contributed by atoms with E-state index < -0.39 is 23.9 Å². The molecule has 0 bridgehead atoms. The molecule has 236 valence electrons. The summed E-state index contributed by atoms with van der Waals surface area (Å²) in [5, 5.41) is 26.0. The number of aliphatic hydroxyl groups excluding tert-OH is 2. The Morgan fingerprint density at radius 1 is 1.19 bits per heavy atom. The first kappa shape index (κ1) is 34.8. The van der Waals surface area contributed by atoms with Crippen LogP contribution in [0.25, 0.3) is 0 Å². The molecule has 4 N–H and O–H groups in total. The van der Waals surface area contributed by atoms with Crippen molar-refractivity contribution in [3.05, 3.63) is 36.0 Å². The number of ketones is 1. The number of alkyl halides is 1. The Bertz CT molecular complexity index is 1020. The number of epoxide rings is 1. The Balaban J connectivity index is 1.48. The molecule has 0 aromatic carbocycles. The van der Waals surface area contributed by atoms with Crippen molar-refractivity contribution in [2.24, 2.45) is 5.92 Å². The van der Waals surface area contributed by atoms with Crippen LogP contribution in [0, 0.1) is 5.92 Å². The monoisotopic (exact) mass is 702 g/mol. The zero-order chi connectivity index (χ0) is 30.9. The molecule has 1 spiro atoms. The molecule has 3 heterocycles. The Kier molecular flexibility index (Phi) is 13.6. The first-order valence-corrected chi connectivity index (χ1v) is 16.4. The van der Waals surface area contributed by atoms with Crippen LogP contribution in [-0.2, 0) is 28.6 Å². The summed E-state index contributed by atoms with van der Waals surface area (Å²) < 4.78 is 18.4. The van der Waals surface area contributed by atoms with E-state index in [1.807, 2.05) is 48.6 Å². The van der Waals surface area contributed by atoms with Gasteiger partial charge in [0.25, 0.3) is 0 Å². The number of aliphatic hydroxyl groups is 2. The number of hydrogen-bond acceptors (Lipinski definition) is 8. The van der Waals surface area contributed by atoms with Crippen molar-refractivity contribution in [3.63, 3.8) is 0 Å². The highest BCUT2D eigenvalue weighted by atomic mass is 127. The Morgan fingerprint density at radius 3 is 2.60 bits per heavy atom. The van der Waals surface area contributed by atoms with Gasteiger partial charge in [-0.25, -0.2) is 0 Å². The lowest BCUT2D eigenvalue weighted by Gasteiger charge is -2.39. The second-order valence-electron chi connectivity index (χ2n) is 11.9. The molecule has 3 rings (SSSR count). The number of hydrogen-bond donors (Lipinski definition) is 4. The van der Waals surface area contributed by atoms with Crippen molar-refractivity contribution < 1.29 is 38.8 Å². The Hall–Kier alpha value is -1.64. The third-order valence-electron chi connectivity index (χ3n) is 8.11. The highest BCUT2D eigenvalue weighted by Crippen LogP contribution is 2.43. The summed E-state index contributed by atoms with van der Waals surface area (Å²) in [7, 11) is 0. The summed E-state index contributed by atoms with van der Waals surface area (Å²) in [6.45, 7) is 8.59. The smallest absolute Gasteiger partial charge is 0.244 e. The standard InChI is InChI=1S/C31H47IN2O8/c1-19(7-10-26-20(2)14-25(22(4)41-26)34-28(37)12-9-21(3)35)8-11-27-30(39)31(18-40-31)16-24(42-27)15-23(36)6-5-13-33-29(38)17-32/h7-9,11-12,20-22,24-27,30,35,39H,5-6,10,13-18H2,1-4H3,(H,33,38)(H,34,37)/b11-8+,12-9-,19-7+/t20-,21-,22+,24+,25+,26-,27+,30+,31+/m0/s1. The third-order valence-corrected chi connectivity index (χ3v) is 8.80. The molecule has 3 fully saturated rings. The summed E-state index contributed by atoms with van der Waals surface area (Å²) in [6, 6.07) is -0.101. The van der Waals surface area contributed by atoms with Gasteiger partial charge in [0.1, 0.15) is 23.6 Å². The van der Waals surface area contributed by atoms with Gasteiger partial charge < -0.3 is 35.1 Å². The van der Waals surface area contributed by atoms with Crippen LogP contribution in [0.15, 0.2) is 36.0 Å². The van der Waals surface area contributed by atoms with Gasteiger partial charge in [-0.1, -0.05) is 59.4 Å². The molecule has 3 aliphatic rings. The third kappa shape index (κ3) is 10.8. The zero-order valence-electron chi connectivity index (χ0n) is 25.1. The lowest BCUT2D eigenvalue weighted by Crippen LogP contribution is -2.50. The lowest BCUT2D eigenvalue weighted by atomic mass is 9.86. The average molecular weight is 703 g/mol. The van der Waals surface area contributed by atoms with Crippen LogP contribution >= 0.6 is 22.6 Å². The first-order valence-electron chi connectivity index (χ1n) is 14.9. The number of Topliss-reactive ketones (excluding diaryl/α,β-unsaturated/α-hetero) is 1. The molecule has 0 unspecified atom stereocenters. The quantitative estimate of drug-likeness (QED) is 0.0540. The molecular weight excluding hydrogens is 655 g/mol. The summed E-state index contributed by atoms with van der Waals surface area (Å²) >= 11 is 2.00. The van der Waals surface area contributed by atoms with Crippen LogP contribution < -0.4 is 10.6 Å². The molecule has 3 saturated heterocycles. The SMILES string of the molecule is CC(/C=C/[C@H]1O[C@H](CC(=O)CCCNC(=O)CI)C[C@@]2(CO2)[C@@H]1O)=C\C[C@@H]1O[C@H](C)[C@H](NC(=O)/C=C\[C@H](C)O)C[C@@H]1C. The largest absolute Gasteiger partial charge is 0.389 e. The van der Waals surface area contributed by atoms with Gasteiger partial charge in [-0.15, -0.1) is 0 Å². The average Bonchev–Trinajstić information content (AvgIpc) is 3.71. The second kappa shape index (κ2) is 16.4. The molecule has 0 aliphatic carbocycles. The van der Waals surface area contributed by atoms with Gasteiger partial charge in [-0.05, 0) is 46.0 Å². The minimum atomic E-state index is -0.804. The number of ether oxygens (including phenoxy) is 3. The molecule has 0 saturated carbocycles. The van der Waals surface area contributed by atoms with Crippen molar-refractivity contribution in [2.75, 3.05) is 17.6 Å². The van der Waals surface area contributed by atoms with Crippen LogP contribution in [0.2, 0.25) is 0 Å². The zero-order valence-corrected chi connectivity index (χ0v) is 27.2. The number of amides is 2. The fourth-order valence-electron chi connectivity index (χ4n) is 5.51. The molecule has 10 nitrogen and oxygen atoms in total. The van der Waals surface area contributed by atoms with E-state index >= 15 is 0 Å². The molecule has 9 atom stereocenters. The second-order valence-corrected chi connectivity index (χ2v) is 12.7. The van der Waals surface area contributed by atoms with E-state index in [0.29, 0.717) is 43.3 Å². The maximum atomic E-state index is 12.6. The number of allylic oxidation sites excluding steroid dienone is 2. The first-order chi connectivity index (χ1) is 19.9. The summed E-state index contributed by atoms with van der Waals surface area (Å²) in [5.74, 6) is 0.0319. The van der Waals surface area contributed by atoms with Gasteiger partial charge in [0, 0.05) is 31.9 Å². The summed E-state index contributed by atoms with van der Waals surface area (Å²) in [4.78, 5) is 36.1. The number of rotatable bonds is 14. The summed E-state index contributed by atoms with van der Waals surface area (Å²) in [5.41, 5.74) is 0.356. The normalized spacial score (nSPS) is 34.1. The predicted molar refractivity (Wildman–Crippen MR) is 167 cm³/mol. The van der Waals surface area contributed by atoms with Crippen molar-refractivity contribution >= 4 is 40.2 Å². The predicted octanol–water partition coefficient (Wildman–Crippen LogP) is 2.69. The van der Waals surface area contributed by atoms with Crippen molar-refractivity contribution in [1.82, 2.24) is 10.6 Å². The minimum absolute atomic E-state index is 0.00875. The van der Waals surface area contributed by atoms with Crippen molar-refractivity contribution in [3.8, 4) is 0 Å². The van der Waals surface area contributed by atoms with E-state index in [1.165, 1.54) is 12.2 Å². The number of nitrogens with one attached hydrogen (secondary N) is 2. The number of halogens is 1. The molecule has 3 aliphatic heterocycles. The number of carbonyl (C=O) groups excluding carboxylic acids is 3. The topological polar surface area (TPSA) is 147 Å². The van der Waals surface area contributed by atoms with E-state index in [1.54, 1.807) is 6.92 Å². The minimum Gasteiger partial charge on any atom is -0.389 e. The van der Waals surface area contributed by atoms with Crippen LogP contribution in [-0.4, -0.2) is 93.7 Å². The van der Waals surface area contributed by atoms with E-state index in [4.69, 9.17) is 14.2 Å². The van der Waals surface area contributed by atoms with Crippen molar-refractivity contribution in [1.29, 1.82) is 0 Å². The molecule has 0 radical (unpaired) electrons. The highest BCUT2D eigenvalue weighted by Gasteiger charge is 2.58. The molecule has 0 aromatic rings. The van der Waals surface area contributed by atoms with E-state index in [0.717, 1.165) is 12.0 Å². The van der Waals surface area contributed by atoms with Crippen LogP contribution in [0.5, 0.6) is 0 Å². The maximum Gasteiger partial charge on any atom is 0.244 e. The molecule has 2 amide bonds. The maximum absolute atomic E-state index is 12.6. The van der Waals surface area contributed by atoms with Gasteiger partial charge in [0.2, 0.25) is 11.8 Å². The van der Waals surface area contributed by atoms with Crippen LogP contribution in [0.1, 0.15) is 66.2 Å². The van der Waals surface area contributed by atoms with Crippen LogP contribution in [0.4, 0.5) is 0 Å². The Labute approximate surface area is 262 Å². The van der Waals surface area contributed by atoms with Gasteiger partial charge >= 0.3 is 0 Å². The fraction of sp³-hybridized carbons (Fsp3) is 0.710. The number of carbonyl (C=O) groups is 3. The van der Waals surface area contributed by atoms with E-state index in [-0.39, 0.29) is 54.3 Å². The summed E-state index contributed by atoms with van der Waals surface area (Å²) in [6.07, 6.45) is 9.35. The van der Waals surface area contributed by atoms with Gasteiger partial charge in [-0.2, -0.15) is 0 Å². The molecule has 42 heavy (non-hydrogen) atoms. The molecule has 11 heteroatoms. The van der Waals surface area contributed by atoms with Crippen molar-refractivity contribution in [2.45, 2.75) is 114 Å². The van der Waals surface area contributed by atoms with Gasteiger partial charge in [0.05, 0.1) is 41.5 Å². The van der Waals surface area contributed by atoms with E-state index in [9.17, 15) is 24.6 Å². The molecular formula is C31H47IN2O8. The fourth-order valence-corrected chi connectivity index (χ4v) is 5.78. The lowest BCUT2D eigenvalue weighted by molar-refractivity contribution is -0.144. The molecule has 0 aromatic heterocycles. The van der Waals surface area contributed by atoms with Gasteiger partial charge in [0.15, 0.2) is 0 Å². The van der Waals surface area contributed by atoms with Crippen LogP contribution in [0.3, 0.4) is 0 Å². The Morgan fingerprint density at radius 2 is 1.93 bits per heavy atom. The van der Waals surface area contributed by atoms with E-state index in [2.05, 4.69) is 23.6 Å². The van der Waals surface area contributed by atoms with Gasteiger partial charge in [-0.3, -0.25) is 14.4 Å².